The van der Waals surface area contributed by atoms with Gasteiger partial charge >= 0.3 is 5.97 Å². The van der Waals surface area contributed by atoms with Gasteiger partial charge in [-0.2, -0.15) is 5.10 Å². The molecule has 0 fully saturated rings. The van der Waals surface area contributed by atoms with Crippen LogP contribution in [0.2, 0.25) is 5.02 Å². The number of ether oxygens (including phenoxy) is 1. The highest BCUT2D eigenvalue weighted by atomic mass is 35.5. The molecule has 0 atom stereocenters. The number of halogens is 2. The van der Waals surface area contributed by atoms with Crippen LogP contribution in [0.5, 0.6) is 0 Å². The van der Waals surface area contributed by atoms with Crippen molar-refractivity contribution in [1.29, 1.82) is 0 Å². The fourth-order valence-electron chi connectivity index (χ4n) is 2.88. The highest BCUT2D eigenvalue weighted by molar-refractivity contribution is 6.30. The van der Waals surface area contributed by atoms with Crippen LogP contribution < -0.4 is 5.32 Å². The first-order chi connectivity index (χ1) is 13.8. The van der Waals surface area contributed by atoms with E-state index in [1.807, 2.05) is 30.3 Å². The lowest BCUT2D eigenvalue weighted by molar-refractivity contribution is -0.119. The summed E-state index contributed by atoms with van der Waals surface area (Å²) in [4.78, 5) is 24.5. The van der Waals surface area contributed by atoms with Crippen molar-refractivity contribution in [2.24, 2.45) is 0 Å². The van der Waals surface area contributed by atoms with E-state index in [4.69, 9.17) is 16.3 Å². The van der Waals surface area contributed by atoms with Crippen molar-refractivity contribution in [3.63, 3.8) is 0 Å². The van der Waals surface area contributed by atoms with Crippen molar-refractivity contribution in [3.8, 4) is 0 Å². The molecule has 0 radical (unpaired) electrons. The zero-order valence-corrected chi connectivity index (χ0v) is 16.7. The molecule has 8 heteroatoms. The molecule has 0 bridgehead atoms. The van der Waals surface area contributed by atoms with E-state index >= 15 is 0 Å². The Morgan fingerprint density at radius 1 is 1.17 bits per heavy atom. The predicted molar refractivity (Wildman–Crippen MR) is 108 cm³/mol. The van der Waals surface area contributed by atoms with Gasteiger partial charge in [0.1, 0.15) is 11.4 Å². The number of anilines is 1. The zero-order chi connectivity index (χ0) is 21.0. The Morgan fingerprint density at radius 2 is 1.90 bits per heavy atom. The van der Waals surface area contributed by atoms with Crippen LogP contribution >= 0.6 is 11.6 Å². The third kappa shape index (κ3) is 5.00. The first kappa shape index (κ1) is 20.5. The topological polar surface area (TPSA) is 73.2 Å². The monoisotopic (exact) mass is 415 g/mol. The summed E-state index contributed by atoms with van der Waals surface area (Å²) in [6, 6.07) is 13.6. The van der Waals surface area contributed by atoms with Crippen molar-refractivity contribution < 1.29 is 18.7 Å². The normalized spacial score (nSPS) is 10.6. The van der Waals surface area contributed by atoms with Crippen LogP contribution in [0.3, 0.4) is 0 Å². The molecule has 29 heavy (non-hydrogen) atoms. The summed E-state index contributed by atoms with van der Waals surface area (Å²) in [5.41, 5.74) is 2.46. The third-order valence-corrected chi connectivity index (χ3v) is 4.54. The number of aromatic nitrogens is 2. The molecule has 0 spiro atoms. The number of nitrogens with one attached hydrogen (secondary N) is 1. The largest absolute Gasteiger partial charge is 0.452 e. The molecule has 1 N–H and O–H groups in total. The molecule has 1 aromatic heterocycles. The second-order valence-corrected chi connectivity index (χ2v) is 6.87. The van der Waals surface area contributed by atoms with E-state index in [9.17, 15) is 14.0 Å². The summed E-state index contributed by atoms with van der Waals surface area (Å²) >= 11 is 5.68. The average molecular weight is 416 g/mol. The van der Waals surface area contributed by atoms with E-state index in [1.165, 1.54) is 12.1 Å². The van der Waals surface area contributed by atoms with Gasteiger partial charge in [-0.15, -0.1) is 0 Å². The highest BCUT2D eigenvalue weighted by Crippen LogP contribution is 2.19. The van der Waals surface area contributed by atoms with Gasteiger partial charge in [0.05, 0.1) is 23.6 Å². The number of esters is 1. The molecule has 0 aliphatic heterocycles. The number of hydrogen-bond acceptors (Lipinski definition) is 4. The molecule has 0 saturated heterocycles. The van der Waals surface area contributed by atoms with Gasteiger partial charge < -0.3 is 10.1 Å². The fourth-order valence-corrected chi connectivity index (χ4v) is 3.04. The molecular formula is C21H19ClFN3O3. The summed E-state index contributed by atoms with van der Waals surface area (Å²) in [6.45, 7) is 3.43. The van der Waals surface area contributed by atoms with Crippen LogP contribution in [-0.4, -0.2) is 28.3 Å². The van der Waals surface area contributed by atoms with E-state index in [1.54, 1.807) is 18.5 Å². The Hall–Kier alpha value is -3.19. The Kier molecular flexibility index (Phi) is 6.29. The van der Waals surface area contributed by atoms with E-state index < -0.39 is 24.3 Å². The zero-order valence-electron chi connectivity index (χ0n) is 15.9. The Morgan fingerprint density at radius 3 is 2.59 bits per heavy atom. The second kappa shape index (κ2) is 8.87. The number of aryl methyl sites for hydroxylation is 1. The van der Waals surface area contributed by atoms with Crippen molar-refractivity contribution in [2.75, 3.05) is 11.9 Å². The van der Waals surface area contributed by atoms with E-state index in [-0.39, 0.29) is 10.7 Å². The maximum absolute atomic E-state index is 13.7. The van der Waals surface area contributed by atoms with Crippen molar-refractivity contribution in [3.05, 3.63) is 81.9 Å². The van der Waals surface area contributed by atoms with Gasteiger partial charge in [0, 0.05) is 5.02 Å². The lowest BCUT2D eigenvalue weighted by Gasteiger charge is -2.08. The average Bonchev–Trinajstić information content (AvgIpc) is 2.96. The minimum Gasteiger partial charge on any atom is -0.452 e. The van der Waals surface area contributed by atoms with Gasteiger partial charge in [0.15, 0.2) is 6.61 Å². The number of nitrogens with zero attached hydrogens (tertiary/aromatic N) is 2. The molecule has 0 aliphatic carbocycles. The third-order valence-electron chi connectivity index (χ3n) is 4.30. The molecule has 6 nitrogen and oxygen atoms in total. The first-order valence-corrected chi connectivity index (χ1v) is 9.23. The van der Waals surface area contributed by atoms with Gasteiger partial charge in [-0.25, -0.2) is 9.18 Å². The Bertz CT molecular complexity index is 1050. The molecule has 0 unspecified atom stereocenters. The summed E-state index contributed by atoms with van der Waals surface area (Å²) in [7, 11) is 0. The summed E-state index contributed by atoms with van der Waals surface area (Å²) in [6.07, 6.45) is 0. The number of carbonyl (C=O) groups excluding carboxylic acids is 2. The maximum Gasteiger partial charge on any atom is 0.342 e. The number of amides is 1. The molecule has 0 aliphatic rings. The molecule has 2 aromatic carbocycles. The lowest BCUT2D eigenvalue weighted by Crippen LogP contribution is -2.22. The predicted octanol–water partition coefficient (Wildman–Crippen LogP) is 4.14. The van der Waals surface area contributed by atoms with Crippen LogP contribution in [0.4, 0.5) is 10.1 Å². The van der Waals surface area contributed by atoms with Crippen molar-refractivity contribution in [2.45, 2.75) is 20.4 Å². The molecule has 1 amide bonds. The van der Waals surface area contributed by atoms with Crippen LogP contribution in [0.15, 0.2) is 48.5 Å². The maximum atomic E-state index is 13.7. The quantitative estimate of drug-likeness (QED) is 0.614. The van der Waals surface area contributed by atoms with E-state index in [0.717, 1.165) is 11.6 Å². The van der Waals surface area contributed by atoms with E-state index in [2.05, 4.69) is 10.4 Å². The van der Waals surface area contributed by atoms with Crippen LogP contribution in [0.25, 0.3) is 0 Å². The SMILES string of the molecule is Cc1nn(Cc2ccccc2)c(C)c1C(=O)OCC(=O)Nc1ccc(Cl)cc1F. The standard InChI is InChI=1S/C21H19ClFN3O3/c1-13-20(14(2)26(25-13)11-15-6-4-3-5-7-15)21(28)29-12-19(27)24-18-9-8-16(22)10-17(18)23/h3-10H,11-12H2,1-2H3,(H,24,27). The van der Waals surface area contributed by atoms with Gasteiger partial charge in [-0.05, 0) is 37.6 Å². The molecule has 150 valence electrons. The molecule has 1 heterocycles. The van der Waals surface area contributed by atoms with Gasteiger partial charge in [-0.3, -0.25) is 9.48 Å². The van der Waals surface area contributed by atoms with Gasteiger partial charge in [-0.1, -0.05) is 41.9 Å². The Labute approximate surface area is 172 Å². The summed E-state index contributed by atoms with van der Waals surface area (Å²) in [5.74, 6) is -2.00. The minimum atomic E-state index is -0.675. The van der Waals surface area contributed by atoms with Crippen molar-refractivity contribution >= 4 is 29.2 Å². The minimum absolute atomic E-state index is 0.0431. The highest BCUT2D eigenvalue weighted by Gasteiger charge is 2.21. The fraction of sp³-hybridized carbons (Fsp3) is 0.190. The van der Waals surface area contributed by atoms with Crippen LogP contribution in [0.1, 0.15) is 27.3 Å². The summed E-state index contributed by atoms with van der Waals surface area (Å²) in [5, 5.41) is 6.95. The number of benzene rings is 2. The molecule has 3 rings (SSSR count). The van der Waals surface area contributed by atoms with E-state index in [0.29, 0.717) is 23.5 Å². The molecule has 0 saturated carbocycles. The molecular weight excluding hydrogens is 397 g/mol. The number of carbonyl (C=O) groups is 2. The van der Waals surface area contributed by atoms with Gasteiger partial charge in [0.2, 0.25) is 0 Å². The number of rotatable bonds is 6. The van der Waals surface area contributed by atoms with Crippen LogP contribution in [0, 0.1) is 19.7 Å². The number of hydrogen-bond donors (Lipinski definition) is 1. The summed E-state index contributed by atoms with van der Waals surface area (Å²) < 4.78 is 20.6. The van der Waals surface area contributed by atoms with Gasteiger partial charge in [0.25, 0.3) is 5.91 Å². The second-order valence-electron chi connectivity index (χ2n) is 6.44. The lowest BCUT2D eigenvalue weighted by atomic mass is 10.2. The molecule has 3 aromatic rings. The van der Waals surface area contributed by atoms with Crippen molar-refractivity contribution in [1.82, 2.24) is 9.78 Å². The first-order valence-electron chi connectivity index (χ1n) is 8.85. The Balaban J connectivity index is 1.64. The smallest absolute Gasteiger partial charge is 0.342 e. The van der Waals surface area contributed by atoms with Crippen LogP contribution in [-0.2, 0) is 16.1 Å².